The van der Waals surface area contributed by atoms with Crippen molar-refractivity contribution < 1.29 is 23.8 Å². The fourth-order valence-corrected chi connectivity index (χ4v) is 2.19. The van der Waals surface area contributed by atoms with Gasteiger partial charge in [-0.3, -0.25) is 0 Å². The number of fused-ring (bicyclic) bond motifs is 1. The van der Waals surface area contributed by atoms with Crippen molar-refractivity contribution in [1.82, 2.24) is 10.1 Å². The molecule has 110 valence electrons. The minimum atomic E-state index is -0.147. The van der Waals surface area contributed by atoms with Gasteiger partial charge in [0.05, 0.1) is 6.61 Å². The van der Waals surface area contributed by atoms with Gasteiger partial charge < -0.3 is 23.8 Å². The first-order chi connectivity index (χ1) is 10.3. The lowest BCUT2D eigenvalue weighted by Crippen LogP contribution is -2.00. The maximum atomic E-state index is 9.41. The Balaban J connectivity index is 1.50. The Morgan fingerprint density at radius 1 is 1.24 bits per heavy atom. The van der Waals surface area contributed by atoms with E-state index in [0.29, 0.717) is 40.4 Å². The average Bonchev–Trinajstić information content (AvgIpc) is 3.08. The predicted molar refractivity (Wildman–Crippen MR) is 69.1 cm³/mol. The number of rotatable bonds is 5. The minimum Gasteiger partial charge on any atom is -0.485 e. The van der Waals surface area contributed by atoms with Gasteiger partial charge in [-0.05, 0) is 18.9 Å². The van der Waals surface area contributed by atoms with Crippen molar-refractivity contribution in [2.75, 3.05) is 6.79 Å². The van der Waals surface area contributed by atoms with Crippen LogP contribution >= 0.6 is 0 Å². The number of hydrogen-bond acceptors (Lipinski definition) is 7. The molecule has 0 spiro atoms. The molecule has 7 heteroatoms. The van der Waals surface area contributed by atoms with E-state index in [1.165, 1.54) is 0 Å². The van der Waals surface area contributed by atoms with Gasteiger partial charge >= 0.3 is 0 Å². The molecule has 1 aromatic carbocycles. The van der Waals surface area contributed by atoms with Crippen molar-refractivity contribution in [3.8, 4) is 17.2 Å². The first-order valence-electron chi connectivity index (χ1n) is 6.82. The Kier molecular flexibility index (Phi) is 2.92. The standard InChI is InChI=1S/C14H14N2O5/c17-5-9-3-11-12(20-7-19-11)4-10(9)18-6-13-15-14(21-16-13)8-1-2-8/h3-4,8,17H,1-2,5-7H2. The molecule has 4 rings (SSSR count). The van der Waals surface area contributed by atoms with Crippen LogP contribution in [0.4, 0.5) is 0 Å². The summed E-state index contributed by atoms with van der Waals surface area (Å²) < 4.78 is 21.4. The van der Waals surface area contributed by atoms with Crippen molar-refractivity contribution in [2.45, 2.75) is 32.0 Å². The SMILES string of the molecule is OCc1cc2c(cc1OCc1noc(C3CC3)n1)OCO2. The molecule has 0 atom stereocenters. The summed E-state index contributed by atoms with van der Waals surface area (Å²) in [4.78, 5) is 4.29. The number of aromatic nitrogens is 2. The largest absolute Gasteiger partial charge is 0.485 e. The van der Waals surface area contributed by atoms with Crippen molar-refractivity contribution in [3.63, 3.8) is 0 Å². The van der Waals surface area contributed by atoms with E-state index in [2.05, 4.69) is 10.1 Å². The number of aliphatic hydroxyl groups is 1. The Morgan fingerprint density at radius 2 is 2.05 bits per heavy atom. The summed E-state index contributed by atoms with van der Waals surface area (Å²) >= 11 is 0. The smallest absolute Gasteiger partial charge is 0.231 e. The van der Waals surface area contributed by atoms with Crippen LogP contribution in [0.3, 0.4) is 0 Å². The fourth-order valence-electron chi connectivity index (χ4n) is 2.19. The fraction of sp³-hybridized carbons (Fsp3) is 0.429. The zero-order valence-corrected chi connectivity index (χ0v) is 11.2. The van der Waals surface area contributed by atoms with Crippen molar-refractivity contribution >= 4 is 0 Å². The van der Waals surface area contributed by atoms with Gasteiger partial charge in [0.2, 0.25) is 18.5 Å². The van der Waals surface area contributed by atoms with E-state index in [1.54, 1.807) is 12.1 Å². The third-order valence-electron chi connectivity index (χ3n) is 3.49. The van der Waals surface area contributed by atoms with Crippen molar-refractivity contribution in [2.24, 2.45) is 0 Å². The Hall–Kier alpha value is -2.28. The third-order valence-corrected chi connectivity index (χ3v) is 3.49. The highest BCUT2D eigenvalue weighted by atomic mass is 16.7. The first-order valence-corrected chi connectivity index (χ1v) is 6.82. The van der Waals surface area contributed by atoms with Crippen molar-refractivity contribution in [3.05, 3.63) is 29.4 Å². The quantitative estimate of drug-likeness (QED) is 0.897. The molecular formula is C14H14N2O5. The molecule has 2 aromatic rings. The molecule has 2 aliphatic rings. The first kappa shape index (κ1) is 12.5. The van der Waals surface area contributed by atoms with E-state index >= 15 is 0 Å². The summed E-state index contributed by atoms with van der Waals surface area (Å²) in [5, 5.41) is 13.3. The van der Waals surface area contributed by atoms with Crippen LogP contribution in [0.15, 0.2) is 16.7 Å². The third kappa shape index (κ3) is 2.40. The molecule has 0 amide bonds. The van der Waals surface area contributed by atoms with E-state index in [4.69, 9.17) is 18.7 Å². The summed E-state index contributed by atoms with van der Waals surface area (Å²) in [6.45, 7) is 0.216. The van der Waals surface area contributed by atoms with Crippen LogP contribution in [-0.4, -0.2) is 22.0 Å². The van der Waals surface area contributed by atoms with E-state index in [9.17, 15) is 5.11 Å². The Morgan fingerprint density at radius 3 is 2.81 bits per heavy atom. The van der Waals surface area contributed by atoms with Gasteiger partial charge in [0.15, 0.2) is 18.1 Å². The molecule has 7 nitrogen and oxygen atoms in total. The topological polar surface area (TPSA) is 86.8 Å². The molecule has 1 aromatic heterocycles. The summed E-state index contributed by atoms with van der Waals surface area (Å²) in [5.41, 5.74) is 0.630. The number of nitrogens with zero attached hydrogens (tertiary/aromatic N) is 2. The van der Waals surface area contributed by atoms with E-state index in [0.717, 1.165) is 12.8 Å². The minimum absolute atomic E-state index is 0.147. The molecule has 2 heterocycles. The molecule has 1 N–H and O–H groups in total. The zero-order chi connectivity index (χ0) is 14.2. The van der Waals surface area contributed by atoms with Gasteiger partial charge in [0, 0.05) is 17.5 Å². The molecule has 1 saturated carbocycles. The molecule has 0 saturated heterocycles. The van der Waals surface area contributed by atoms with Crippen LogP contribution < -0.4 is 14.2 Å². The molecule has 0 unspecified atom stereocenters. The van der Waals surface area contributed by atoms with Crippen molar-refractivity contribution in [1.29, 1.82) is 0 Å². The number of ether oxygens (including phenoxy) is 3. The summed E-state index contributed by atoms with van der Waals surface area (Å²) in [6, 6.07) is 3.42. The lowest BCUT2D eigenvalue weighted by Gasteiger charge is -2.09. The van der Waals surface area contributed by atoms with Crippen LogP contribution in [0.5, 0.6) is 17.2 Å². The van der Waals surface area contributed by atoms with Gasteiger partial charge in [-0.15, -0.1) is 0 Å². The highest BCUT2D eigenvalue weighted by Crippen LogP contribution is 2.39. The normalized spacial score (nSPS) is 16.2. The summed E-state index contributed by atoms with van der Waals surface area (Å²) in [7, 11) is 0. The average molecular weight is 290 g/mol. The second-order valence-electron chi connectivity index (χ2n) is 5.08. The highest BCUT2D eigenvalue weighted by Gasteiger charge is 2.29. The molecule has 1 aliphatic heterocycles. The predicted octanol–water partition coefficient (Wildman–Crippen LogP) is 1.75. The maximum Gasteiger partial charge on any atom is 0.231 e. The van der Waals surface area contributed by atoms with Crippen LogP contribution in [-0.2, 0) is 13.2 Å². The summed E-state index contributed by atoms with van der Waals surface area (Å²) in [6.07, 6.45) is 2.22. The molecule has 21 heavy (non-hydrogen) atoms. The van der Waals surface area contributed by atoms with E-state index in [1.807, 2.05) is 0 Å². The van der Waals surface area contributed by atoms with Gasteiger partial charge in [0.1, 0.15) is 5.75 Å². The van der Waals surface area contributed by atoms with Gasteiger partial charge in [-0.25, -0.2) is 0 Å². The van der Waals surface area contributed by atoms with Crippen LogP contribution in [0.25, 0.3) is 0 Å². The maximum absolute atomic E-state index is 9.41. The molecule has 0 radical (unpaired) electrons. The van der Waals surface area contributed by atoms with Crippen LogP contribution in [0.2, 0.25) is 0 Å². The van der Waals surface area contributed by atoms with Gasteiger partial charge in [-0.1, -0.05) is 5.16 Å². The lowest BCUT2D eigenvalue weighted by molar-refractivity contribution is 0.173. The molecule has 1 fully saturated rings. The molecular weight excluding hydrogens is 276 g/mol. The zero-order valence-electron chi connectivity index (χ0n) is 11.2. The molecule has 1 aliphatic carbocycles. The lowest BCUT2D eigenvalue weighted by atomic mass is 10.2. The number of benzene rings is 1. The second kappa shape index (κ2) is 4.92. The number of hydrogen-bond donors (Lipinski definition) is 1. The monoisotopic (exact) mass is 290 g/mol. The summed E-state index contributed by atoms with van der Waals surface area (Å²) in [5.74, 6) is 3.35. The van der Waals surface area contributed by atoms with Crippen LogP contribution in [0.1, 0.15) is 36.0 Å². The van der Waals surface area contributed by atoms with Gasteiger partial charge in [-0.2, -0.15) is 4.98 Å². The number of aliphatic hydroxyl groups excluding tert-OH is 1. The Labute approximate surface area is 120 Å². The highest BCUT2D eigenvalue weighted by molar-refractivity contribution is 5.51. The second-order valence-corrected chi connectivity index (χ2v) is 5.08. The van der Waals surface area contributed by atoms with E-state index in [-0.39, 0.29) is 20.0 Å². The Bertz CT molecular complexity index is 665. The molecule has 0 bridgehead atoms. The van der Waals surface area contributed by atoms with Crippen LogP contribution in [0, 0.1) is 0 Å². The van der Waals surface area contributed by atoms with Gasteiger partial charge in [0.25, 0.3) is 0 Å². The van der Waals surface area contributed by atoms with E-state index < -0.39 is 0 Å².